The molecule has 12 heavy (non-hydrogen) atoms. The molecule has 1 aromatic rings. The maximum Gasteiger partial charge on any atom is 0.221 e. The van der Waals surface area contributed by atoms with Crippen molar-refractivity contribution >= 4 is 0 Å². The van der Waals surface area contributed by atoms with Gasteiger partial charge < -0.3 is 0 Å². The number of nitro groups is 1. The Hall–Kier alpha value is -1.38. The van der Waals surface area contributed by atoms with E-state index < -0.39 is 0 Å². The third kappa shape index (κ3) is 1.18. The normalized spacial score (nSPS) is 26.7. The smallest absolute Gasteiger partial charge is 0.221 e. The molecule has 62 valence electrons. The highest BCUT2D eigenvalue weighted by Gasteiger charge is 2.48. The molecule has 2 atom stereocenters. The van der Waals surface area contributed by atoms with Crippen LogP contribution >= 0.6 is 0 Å². The van der Waals surface area contributed by atoms with Gasteiger partial charge in [0.1, 0.15) is 0 Å². The van der Waals surface area contributed by atoms with E-state index >= 15 is 0 Å². The van der Waals surface area contributed by atoms with E-state index in [-0.39, 0.29) is 16.9 Å². The quantitative estimate of drug-likeness (QED) is 0.493. The predicted octanol–water partition coefficient (Wildman–Crippen LogP) is 1.82. The Kier molecular flexibility index (Phi) is 1.57. The second-order valence-electron chi connectivity index (χ2n) is 3.11. The van der Waals surface area contributed by atoms with Gasteiger partial charge in [0.2, 0.25) is 6.04 Å². The predicted molar refractivity (Wildman–Crippen MR) is 44.6 cm³/mol. The molecular formula is C9H9NO2. The van der Waals surface area contributed by atoms with Gasteiger partial charge in [0.25, 0.3) is 0 Å². The van der Waals surface area contributed by atoms with Gasteiger partial charge in [-0.3, -0.25) is 10.1 Å². The Labute approximate surface area is 70.2 Å². The van der Waals surface area contributed by atoms with Gasteiger partial charge in [-0.05, 0) is 5.56 Å². The molecule has 0 radical (unpaired) electrons. The van der Waals surface area contributed by atoms with Gasteiger partial charge in [0.05, 0.1) is 5.92 Å². The lowest BCUT2D eigenvalue weighted by Gasteiger charge is -1.93. The molecule has 0 spiro atoms. The van der Waals surface area contributed by atoms with Crippen molar-refractivity contribution in [3.63, 3.8) is 0 Å². The summed E-state index contributed by atoms with van der Waals surface area (Å²) in [7, 11) is 0. The lowest BCUT2D eigenvalue weighted by molar-refractivity contribution is -0.496. The topological polar surface area (TPSA) is 43.1 Å². The van der Waals surface area contributed by atoms with Gasteiger partial charge in [-0.2, -0.15) is 0 Å². The molecule has 1 aliphatic rings. The molecule has 0 N–H and O–H groups in total. The van der Waals surface area contributed by atoms with E-state index in [0.717, 1.165) is 5.56 Å². The van der Waals surface area contributed by atoms with Crippen LogP contribution in [0.5, 0.6) is 0 Å². The van der Waals surface area contributed by atoms with Crippen LogP contribution in [0.4, 0.5) is 0 Å². The molecule has 1 aromatic carbocycles. The molecule has 0 aliphatic heterocycles. The first-order valence-electron chi connectivity index (χ1n) is 3.97. The molecular weight excluding hydrogens is 154 g/mol. The van der Waals surface area contributed by atoms with Gasteiger partial charge in [0.15, 0.2) is 0 Å². The molecule has 1 saturated carbocycles. The Morgan fingerprint density at radius 3 is 2.50 bits per heavy atom. The summed E-state index contributed by atoms with van der Waals surface area (Å²) >= 11 is 0. The summed E-state index contributed by atoms with van der Waals surface area (Å²) < 4.78 is 0. The summed E-state index contributed by atoms with van der Waals surface area (Å²) in [5.41, 5.74) is 1.10. The van der Waals surface area contributed by atoms with Gasteiger partial charge in [0, 0.05) is 11.3 Å². The lowest BCUT2D eigenvalue weighted by atomic mass is 10.1. The highest BCUT2D eigenvalue weighted by molar-refractivity contribution is 5.26. The van der Waals surface area contributed by atoms with Gasteiger partial charge >= 0.3 is 0 Å². The Morgan fingerprint density at radius 1 is 1.33 bits per heavy atom. The third-order valence-electron chi connectivity index (χ3n) is 2.26. The van der Waals surface area contributed by atoms with Crippen LogP contribution in [0.2, 0.25) is 0 Å². The summed E-state index contributed by atoms with van der Waals surface area (Å²) in [6.45, 7) is 0. The van der Waals surface area contributed by atoms with Crippen LogP contribution < -0.4 is 0 Å². The summed E-state index contributed by atoms with van der Waals surface area (Å²) in [6.07, 6.45) is 0.705. The van der Waals surface area contributed by atoms with Crippen LogP contribution in [0.1, 0.15) is 17.9 Å². The molecule has 0 bridgehead atoms. The van der Waals surface area contributed by atoms with Gasteiger partial charge in [-0.25, -0.2) is 0 Å². The SMILES string of the molecule is O=[N+]([O-])[C@@H]1CC1c1ccccc1. The largest absolute Gasteiger partial charge is 0.264 e. The van der Waals surface area contributed by atoms with Gasteiger partial charge in [-0.15, -0.1) is 0 Å². The molecule has 0 amide bonds. The first-order valence-corrected chi connectivity index (χ1v) is 3.97. The Morgan fingerprint density at radius 2 is 2.00 bits per heavy atom. The highest BCUT2D eigenvalue weighted by atomic mass is 16.6. The summed E-state index contributed by atoms with van der Waals surface area (Å²) in [5, 5.41) is 10.4. The van der Waals surface area contributed by atoms with E-state index in [1.165, 1.54) is 0 Å². The van der Waals surface area contributed by atoms with Crippen LogP contribution in [0, 0.1) is 10.1 Å². The fraction of sp³-hybridized carbons (Fsp3) is 0.333. The van der Waals surface area contributed by atoms with Crippen LogP contribution in [0.15, 0.2) is 30.3 Å². The van der Waals surface area contributed by atoms with Crippen LogP contribution in [-0.2, 0) is 0 Å². The fourth-order valence-electron chi connectivity index (χ4n) is 1.47. The van der Waals surface area contributed by atoms with E-state index in [9.17, 15) is 10.1 Å². The second-order valence-corrected chi connectivity index (χ2v) is 3.11. The molecule has 2 rings (SSSR count). The van der Waals surface area contributed by atoms with Gasteiger partial charge in [-0.1, -0.05) is 30.3 Å². The van der Waals surface area contributed by atoms with E-state index in [2.05, 4.69) is 0 Å². The highest BCUT2D eigenvalue weighted by Crippen LogP contribution is 2.42. The minimum atomic E-state index is -0.326. The third-order valence-corrected chi connectivity index (χ3v) is 2.26. The second kappa shape index (κ2) is 2.59. The van der Waals surface area contributed by atoms with Crippen LogP contribution in [0.25, 0.3) is 0 Å². The number of hydrogen-bond donors (Lipinski definition) is 0. The number of hydrogen-bond acceptors (Lipinski definition) is 2. The molecule has 0 heterocycles. The summed E-state index contributed by atoms with van der Waals surface area (Å²) in [5.74, 6) is 0.168. The van der Waals surface area contributed by atoms with Crippen molar-refractivity contribution in [2.45, 2.75) is 18.4 Å². The summed E-state index contributed by atoms with van der Waals surface area (Å²) in [6, 6.07) is 9.34. The molecule has 1 unspecified atom stereocenters. The van der Waals surface area contributed by atoms with Crippen molar-refractivity contribution in [1.29, 1.82) is 0 Å². The van der Waals surface area contributed by atoms with E-state index in [4.69, 9.17) is 0 Å². The van der Waals surface area contributed by atoms with Crippen molar-refractivity contribution < 1.29 is 4.92 Å². The Bertz CT molecular complexity index is 297. The molecule has 3 heteroatoms. The standard InChI is InChI=1S/C9H9NO2/c11-10(12)9-6-8(9)7-4-2-1-3-5-7/h1-5,8-9H,6H2/t8?,9-/m1/s1. The zero-order chi connectivity index (χ0) is 8.55. The Balaban J connectivity index is 2.11. The maximum atomic E-state index is 10.4. The zero-order valence-electron chi connectivity index (χ0n) is 6.51. The minimum Gasteiger partial charge on any atom is -0.264 e. The first-order chi connectivity index (χ1) is 5.79. The minimum absolute atomic E-state index is 0.168. The number of rotatable bonds is 2. The number of benzene rings is 1. The van der Waals surface area contributed by atoms with Crippen molar-refractivity contribution in [1.82, 2.24) is 0 Å². The van der Waals surface area contributed by atoms with Crippen molar-refractivity contribution in [2.24, 2.45) is 0 Å². The zero-order valence-corrected chi connectivity index (χ0v) is 6.51. The molecule has 0 aromatic heterocycles. The van der Waals surface area contributed by atoms with Crippen LogP contribution in [0.3, 0.4) is 0 Å². The maximum absolute atomic E-state index is 10.4. The number of nitrogens with zero attached hydrogens (tertiary/aromatic N) is 1. The van der Waals surface area contributed by atoms with E-state index in [1.54, 1.807) is 0 Å². The van der Waals surface area contributed by atoms with E-state index in [0.29, 0.717) is 6.42 Å². The fourth-order valence-corrected chi connectivity index (χ4v) is 1.47. The average molecular weight is 163 g/mol. The molecule has 1 aliphatic carbocycles. The molecule has 3 nitrogen and oxygen atoms in total. The first kappa shape index (κ1) is 7.28. The molecule has 0 saturated heterocycles. The van der Waals surface area contributed by atoms with Crippen LogP contribution in [-0.4, -0.2) is 11.0 Å². The van der Waals surface area contributed by atoms with Crippen molar-refractivity contribution in [2.75, 3.05) is 0 Å². The monoisotopic (exact) mass is 163 g/mol. The molecule has 1 fully saturated rings. The summed E-state index contributed by atoms with van der Waals surface area (Å²) in [4.78, 5) is 10.2. The van der Waals surface area contributed by atoms with Crippen molar-refractivity contribution in [3.05, 3.63) is 46.0 Å². The average Bonchev–Trinajstić information content (AvgIpc) is 2.84. The van der Waals surface area contributed by atoms with Crippen molar-refractivity contribution in [3.8, 4) is 0 Å². The lowest BCUT2D eigenvalue weighted by Crippen LogP contribution is -2.02. The van der Waals surface area contributed by atoms with E-state index in [1.807, 2.05) is 30.3 Å².